The molecule has 0 bridgehead atoms. The largest absolute Gasteiger partial charge is 0.497 e. The minimum atomic E-state index is 0.0371. The van der Waals surface area contributed by atoms with Crippen molar-refractivity contribution < 1.29 is 18.9 Å². The topological polar surface area (TPSA) is 74.7 Å². The molecule has 34 heavy (non-hydrogen) atoms. The van der Waals surface area contributed by atoms with E-state index in [0.717, 1.165) is 60.9 Å². The van der Waals surface area contributed by atoms with Crippen LogP contribution in [0.2, 0.25) is 0 Å². The highest BCUT2D eigenvalue weighted by molar-refractivity contribution is 5.84. The molecule has 2 heterocycles. The van der Waals surface area contributed by atoms with Crippen molar-refractivity contribution >= 4 is 10.9 Å². The summed E-state index contributed by atoms with van der Waals surface area (Å²) in [6, 6.07) is 6.22. The first-order valence-electron chi connectivity index (χ1n) is 12.0. The van der Waals surface area contributed by atoms with Crippen molar-refractivity contribution in [2.45, 2.75) is 50.6 Å². The van der Waals surface area contributed by atoms with E-state index in [2.05, 4.69) is 33.5 Å². The number of fused-ring (bicyclic) bond motifs is 1. The number of ether oxygens (including phenoxy) is 4. The maximum atomic E-state index is 6.17. The van der Waals surface area contributed by atoms with Crippen LogP contribution < -0.4 is 14.8 Å². The number of methoxy groups -OCH3 is 1. The SMILES string of the molecule is COc1ccc2ncnc(OCC3CCC(NC(C4=CC=CCC4)C4=COC=CO4)CC3)c2c1. The maximum Gasteiger partial charge on any atom is 0.224 e. The predicted octanol–water partition coefficient (Wildman–Crippen LogP) is 5.17. The quantitative estimate of drug-likeness (QED) is 0.581. The van der Waals surface area contributed by atoms with Gasteiger partial charge in [0.2, 0.25) is 5.88 Å². The Morgan fingerprint density at radius 1 is 1.15 bits per heavy atom. The van der Waals surface area contributed by atoms with Crippen molar-refractivity contribution in [3.8, 4) is 11.6 Å². The lowest BCUT2D eigenvalue weighted by Crippen LogP contribution is -2.43. The van der Waals surface area contributed by atoms with Gasteiger partial charge < -0.3 is 24.3 Å². The van der Waals surface area contributed by atoms with Crippen LogP contribution in [0.3, 0.4) is 0 Å². The Kier molecular flexibility index (Phi) is 7.10. The summed E-state index contributed by atoms with van der Waals surface area (Å²) < 4.78 is 22.7. The molecule has 178 valence electrons. The molecule has 3 aliphatic rings. The summed E-state index contributed by atoms with van der Waals surface area (Å²) in [5, 5.41) is 4.72. The number of nitrogens with zero attached hydrogens (tertiary/aromatic N) is 2. The molecule has 1 aliphatic heterocycles. The lowest BCUT2D eigenvalue weighted by molar-refractivity contribution is 0.178. The molecule has 7 nitrogen and oxygen atoms in total. The van der Waals surface area contributed by atoms with Crippen molar-refractivity contribution in [1.82, 2.24) is 15.3 Å². The van der Waals surface area contributed by atoms with Gasteiger partial charge in [0, 0.05) is 6.04 Å². The molecule has 0 saturated heterocycles. The van der Waals surface area contributed by atoms with Gasteiger partial charge in [-0.2, -0.15) is 0 Å². The third-order valence-electron chi connectivity index (χ3n) is 6.73. The summed E-state index contributed by atoms with van der Waals surface area (Å²) in [4.78, 5) is 8.71. The zero-order valence-corrected chi connectivity index (χ0v) is 19.5. The zero-order valence-electron chi connectivity index (χ0n) is 19.5. The van der Waals surface area contributed by atoms with E-state index >= 15 is 0 Å². The van der Waals surface area contributed by atoms with Gasteiger partial charge in [-0.25, -0.2) is 9.97 Å². The molecule has 0 spiro atoms. The molecule has 2 aromatic rings. The van der Waals surface area contributed by atoms with Crippen LogP contribution in [0, 0.1) is 5.92 Å². The second kappa shape index (κ2) is 10.7. The number of benzene rings is 1. The lowest BCUT2D eigenvalue weighted by atomic mass is 9.85. The molecule has 1 fully saturated rings. The van der Waals surface area contributed by atoms with Crippen LogP contribution in [0.5, 0.6) is 11.6 Å². The third kappa shape index (κ3) is 5.25. The van der Waals surface area contributed by atoms with Gasteiger partial charge in [0.15, 0.2) is 5.76 Å². The summed E-state index contributed by atoms with van der Waals surface area (Å²) in [6.07, 6.45) is 19.4. The summed E-state index contributed by atoms with van der Waals surface area (Å²) in [6.45, 7) is 0.655. The van der Waals surface area contributed by atoms with E-state index in [4.69, 9.17) is 18.9 Å². The fourth-order valence-corrected chi connectivity index (χ4v) is 4.82. The number of nitrogens with one attached hydrogen (secondary N) is 1. The second-order valence-corrected chi connectivity index (χ2v) is 8.94. The molecule has 0 amide bonds. The van der Waals surface area contributed by atoms with Crippen molar-refractivity contribution in [2.75, 3.05) is 13.7 Å². The summed E-state index contributed by atoms with van der Waals surface area (Å²) >= 11 is 0. The first-order chi connectivity index (χ1) is 16.8. The Hall–Kier alpha value is -3.32. The number of hydrogen-bond acceptors (Lipinski definition) is 7. The molecule has 0 radical (unpaired) electrons. The molecule has 1 saturated carbocycles. The van der Waals surface area contributed by atoms with Crippen molar-refractivity contribution in [2.24, 2.45) is 5.92 Å². The number of hydrogen-bond donors (Lipinski definition) is 1. The average Bonchev–Trinajstić information content (AvgIpc) is 2.92. The van der Waals surface area contributed by atoms with Gasteiger partial charge in [0.25, 0.3) is 0 Å². The predicted molar refractivity (Wildman–Crippen MR) is 130 cm³/mol. The monoisotopic (exact) mass is 461 g/mol. The van der Waals surface area contributed by atoms with E-state index < -0.39 is 0 Å². The fourth-order valence-electron chi connectivity index (χ4n) is 4.82. The molecular weight excluding hydrogens is 430 g/mol. The van der Waals surface area contributed by atoms with Crippen LogP contribution in [-0.4, -0.2) is 35.8 Å². The standard InChI is InChI=1S/C27H31N3O4/c1-31-22-11-12-24-23(15-22)27(29-18-28-24)34-16-19-7-9-21(10-8-19)30-26(20-5-3-2-4-6-20)25-17-32-13-14-33-25/h2-3,5,11-15,17-19,21,26,30H,4,6-10,16H2,1H3. The number of allylic oxidation sites excluding steroid dienone is 3. The minimum Gasteiger partial charge on any atom is -0.497 e. The minimum absolute atomic E-state index is 0.0371. The van der Waals surface area contributed by atoms with Crippen LogP contribution in [-0.2, 0) is 9.47 Å². The molecule has 1 aromatic heterocycles. The molecule has 5 rings (SSSR count). The van der Waals surface area contributed by atoms with Gasteiger partial charge >= 0.3 is 0 Å². The van der Waals surface area contributed by atoms with Crippen LogP contribution in [0.1, 0.15) is 38.5 Å². The number of aromatic nitrogens is 2. The van der Waals surface area contributed by atoms with E-state index in [-0.39, 0.29) is 6.04 Å². The van der Waals surface area contributed by atoms with E-state index in [1.807, 2.05) is 18.2 Å². The fraction of sp³-hybridized carbons (Fsp3) is 0.407. The lowest BCUT2D eigenvalue weighted by Gasteiger charge is -2.34. The van der Waals surface area contributed by atoms with Gasteiger partial charge in [-0.15, -0.1) is 0 Å². The molecule has 1 N–H and O–H groups in total. The Bertz CT molecular complexity index is 1120. The molecule has 1 unspecified atom stereocenters. The summed E-state index contributed by atoms with van der Waals surface area (Å²) in [7, 11) is 1.66. The van der Waals surface area contributed by atoms with Crippen LogP contribution >= 0.6 is 0 Å². The van der Waals surface area contributed by atoms with E-state index in [1.54, 1.807) is 32.2 Å². The smallest absolute Gasteiger partial charge is 0.224 e. The normalized spacial score (nSPS) is 22.9. The molecule has 1 atom stereocenters. The maximum absolute atomic E-state index is 6.17. The highest BCUT2D eigenvalue weighted by atomic mass is 16.5. The van der Waals surface area contributed by atoms with E-state index in [9.17, 15) is 0 Å². The molecule has 2 aliphatic carbocycles. The van der Waals surface area contributed by atoms with Gasteiger partial charge in [-0.1, -0.05) is 18.2 Å². The van der Waals surface area contributed by atoms with Crippen LogP contribution in [0.4, 0.5) is 0 Å². The van der Waals surface area contributed by atoms with Gasteiger partial charge in [0.1, 0.15) is 30.9 Å². The van der Waals surface area contributed by atoms with Crippen molar-refractivity contribution in [3.63, 3.8) is 0 Å². The van der Waals surface area contributed by atoms with Crippen LogP contribution in [0.15, 0.2) is 72.9 Å². The Balaban J connectivity index is 1.18. The highest BCUT2D eigenvalue weighted by Gasteiger charge is 2.28. The second-order valence-electron chi connectivity index (χ2n) is 8.94. The van der Waals surface area contributed by atoms with E-state index in [0.29, 0.717) is 24.4 Å². The molecule has 1 aromatic carbocycles. The average molecular weight is 462 g/mol. The van der Waals surface area contributed by atoms with Gasteiger partial charge in [0.05, 0.1) is 30.7 Å². The van der Waals surface area contributed by atoms with Gasteiger partial charge in [-0.05, 0) is 68.2 Å². The Morgan fingerprint density at radius 3 is 2.82 bits per heavy atom. The van der Waals surface area contributed by atoms with E-state index in [1.165, 1.54) is 5.57 Å². The Labute approximate surface area is 200 Å². The van der Waals surface area contributed by atoms with Crippen molar-refractivity contribution in [1.29, 1.82) is 0 Å². The molecular formula is C27H31N3O4. The highest BCUT2D eigenvalue weighted by Crippen LogP contribution is 2.31. The van der Waals surface area contributed by atoms with Crippen LogP contribution in [0.25, 0.3) is 10.9 Å². The third-order valence-corrected chi connectivity index (χ3v) is 6.73. The Morgan fingerprint density at radius 2 is 2.06 bits per heavy atom. The zero-order chi connectivity index (χ0) is 23.2. The summed E-state index contributed by atoms with van der Waals surface area (Å²) in [5.74, 6) is 2.71. The first-order valence-corrected chi connectivity index (χ1v) is 12.0. The first kappa shape index (κ1) is 22.5. The van der Waals surface area contributed by atoms with Crippen molar-refractivity contribution in [3.05, 3.63) is 72.9 Å². The number of rotatable bonds is 8. The summed E-state index contributed by atoms with van der Waals surface area (Å²) in [5.41, 5.74) is 2.19. The van der Waals surface area contributed by atoms with Gasteiger partial charge in [-0.3, -0.25) is 0 Å². The molecule has 7 heteroatoms.